The van der Waals surface area contributed by atoms with E-state index in [0.29, 0.717) is 34.3 Å². The van der Waals surface area contributed by atoms with Crippen molar-refractivity contribution in [1.82, 2.24) is 19.7 Å². The molecular formula is C26H19ClF3N7O3S. The number of anilines is 3. The highest BCUT2D eigenvalue weighted by Gasteiger charge is 2.25. The number of sulfonamides is 1. The third-order valence-electron chi connectivity index (χ3n) is 6.10. The van der Waals surface area contributed by atoms with E-state index >= 15 is 4.39 Å². The number of carbonyl (C=O) groups excluding carboxylic acids is 1. The monoisotopic (exact) mass is 601 g/mol. The molecule has 0 fully saturated rings. The molecule has 2 aromatic heterocycles. The Labute approximate surface area is 236 Å². The van der Waals surface area contributed by atoms with E-state index in [2.05, 4.69) is 20.4 Å². The first kappa shape index (κ1) is 27.9. The molecule has 0 saturated heterocycles. The Morgan fingerprint density at radius 2 is 1.83 bits per heavy atom. The van der Waals surface area contributed by atoms with Crippen LogP contribution in [-0.4, -0.2) is 34.1 Å². The Kier molecular flexibility index (Phi) is 7.05. The van der Waals surface area contributed by atoms with Gasteiger partial charge in [-0.1, -0.05) is 11.6 Å². The molecule has 4 N–H and O–H groups in total. The Hall–Kier alpha value is -4.69. The smallest absolute Gasteiger partial charge is 0.265 e. The number of rotatable bonds is 6. The summed E-state index contributed by atoms with van der Waals surface area (Å²) in [5.74, 6) is -4.30. The predicted molar refractivity (Wildman–Crippen MR) is 147 cm³/mol. The van der Waals surface area contributed by atoms with Gasteiger partial charge in [-0.05, 0) is 55.0 Å². The van der Waals surface area contributed by atoms with Gasteiger partial charge in [0.25, 0.3) is 15.9 Å². The van der Waals surface area contributed by atoms with Crippen molar-refractivity contribution in [2.45, 2.75) is 11.8 Å². The Morgan fingerprint density at radius 1 is 1.07 bits per heavy atom. The van der Waals surface area contributed by atoms with Crippen LogP contribution in [0, 0.1) is 24.4 Å². The Balaban J connectivity index is 1.56. The standard InChI is InChI=1S/C26H19ClF3N7O3S/c1-12-17(10-37(2)35-12)13-7-15-23(32-11-33-25(15)31)16(8-13)26(38)34-24-18(27)4-6-20(22(24)30)36-41(39,40)21-9-14(28)3-5-19(21)29/h3-11,36H,1-2H3,(H,34,38)(H2,31,32,33). The average molecular weight is 602 g/mol. The minimum atomic E-state index is -4.77. The van der Waals surface area contributed by atoms with Crippen LogP contribution >= 0.6 is 11.6 Å². The number of nitrogen functional groups attached to an aromatic ring is 1. The molecule has 0 aliphatic heterocycles. The van der Waals surface area contributed by atoms with Crippen LogP contribution < -0.4 is 15.8 Å². The summed E-state index contributed by atoms with van der Waals surface area (Å²) in [6.45, 7) is 1.78. The third-order valence-corrected chi connectivity index (χ3v) is 7.79. The third kappa shape index (κ3) is 5.26. The number of nitrogens with zero attached hydrogens (tertiary/aromatic N) is 4. The normalized spacial score (nSPS) is 11.6. The molecule has 5 rings (SSSR count). The topological polar surface area (TPSA) is 145 Å². The molecule has 0 saturated carbocycles. The van der Waals surface area contributed by atoms with Crippen LogP contribution in [0.5, 0.6) is 0 Å². The number of hydrogen-bond acceptors (Lipinski definition) is 7. The van der Waals surface area contributed by atoms with Crippen molar-refractivity contribution in [3.8, 4) is 11.1 Å². The van der Waals surface area contributed by atoms with Crippen molar-refractivity contribution in [2.75, 3.05) is 15.8 Å². The van der Waals surface area contributed by atoms with Crippen molar-refractivity contribution in [2.24, 2.45) is 7.05 Å². The van der Waals surface area contributed by atoms with Crippen LogP contribution in [0.1, 0.15) is 16.1 Å². The molecule has 10 nitrogen and oxygen atoms in total. The van der Waals surface area contributed by atoms with Crippen LogP contribution in [0.15, 0.2) is 59.9 Å². The Morgan fingerprint density at radius 3 is 2.54 bits per heavy atom. The summed E-state index contributed by atoms with van der Waals surface area (Å²) in [5.41, 5.74) is 6.87. The van der Waals surface area contributed by atoms with Crippen LogP contribution in [0.3, 0.4) is 0 Å². The van der Waals surface area contributed by atoms with Crippen molar-refractivity contribution in [3.05, 3.63) is 88.7 Å². The first-order chi connectivity index (χ1) is 19.4. The molecule has 0 aliphatic rings. The number of benzene rings is 3. The zero-order valence-corrected chi connectivity index (χ0v) is 22.8. The molecule has 0 radical (unpaired) electrons. The second kappa shape index (κ2) is 10.4. The van der Waals surface area contributed by atoms with E-state index in [0.717, 1.165) is 24.5 Å². The molecule has 5 aromatic rings. The summed E-state index contributed by atoms with van der Waals surface area (Å²) in [6.07, 6.45) is 2.91. The van der Waals surface area contributed by atoms with E-state index in [4.69, 9.17) is 17.3 Å². The van der Waals surface area contributed by atoms with Crippen LogP contribution in [0.25, 0.3) is 22.0 Å². The lowest BCUT2D eigenvalue weighted by atomic mass is 9.99. The lowest BCUT2D eigenvalue weighted by Gasteiger charge is -2.15. The highest BCUT2D eigenvalue weighted by molar-refractivity contribution is 7.92. The van der Waals surface area contributed by atoms with Gasteiger partial charge in [0.15, 0.2) is 5.82 Å². The number of carbonyl (C=O) groups is 1. The van der Waals surface area contributed by atoms with Gasteiger partial charge in [0.1, 0.15) is 28.7 Å². The zero-order chi connectivity index (χ0) is 29.6. The number of amides is 1. The number of fused-ring (bicyclic) bond motifs is 1. The molecule has 15 heteroatoms. The molecule has 0 aliphatic carbocycles. The molecule has 2 heterocycles. The first-order valence-corrected chi connectivity index (χ1v) is 13.5. The molecular weight excluding hydrogens is 583 g/mol. The fourth-order valence-corrected chi connectivity index (χ4v) is 5.55. The Bertz CT molecular complexity index is 1980. The van der Waals surface area contributed by atoms with E-state index in [1.165, 1.54) is 6.07 Å². The molecule has 0 atom stereocenters. The number of nitrogens with two attached hydrogens (primary N) is 1. The molecule has 210 valence electrons. The molecule has 0 bridgehead atoms. The number of hydrogen-bond donors (Lipinski definition) is 3. The van der Waals surface area contributed by atoms with E-state index in [9.17, 15) is 22.0 Å². The van der Waals surface area contributed by atoms with Gasteiger partial charge in [-0.2, -0.15) is 5.10 Å². The highest BCUT2D eigenvalue weighted by atomic mass is 35.5. The molecule has 41 heavy (non-hydrogen) atoms. The average Bonchev–Trinajstić information content (AvgIpc) is 3.26. The van der Waals surface area contributed by atoms with Gasteiger partial charge < -0.3 is 11.1 Å². The summed E-state index contributed by atoms with van der Waals surface area (Å²) in [5, 5.41) is 6.75. The minimum Gasteiger partial charge on any atom is -0.383 e. The van der Waals surface area contributed by atoms with Crippen LogP contribution in [-0.2, 0) is 17.1 Å². The van der Waals surface area contributed by atoms with Gasteiger partial charge >= 0.3 is 0 Å². The SMILES string of the molecule is Cc1nn(C)cc1-c1cc(C(=O)Nc2c(Cl)ccc(NS(=O)(=O)c3cc(F)ccc3F)c2F)c2ncnc(N)c2c1. The summed E-state index contributed by atoms with van der Waals surface area (Å²) in [6, 6.07) is 7.10. The molecule has 0 unspecified atom stereocenters. The summed E-state index contributed by atoms with van der Waals surface area (Å²) < 4.78 is 72.2. The fourth-order valence-electron chi connectivity index (χ4n) is 4.21. The van der Waals surface area contributed by atoms with Gasteiger partial charge in [0.05, 0.1) is 33.2 Å². The van der Waals surface area contributed by atoms with E-state index in [-0.39, 0.29) is 21.9 Å². The quantitative estimate of drug-likeness (QED) is 0.247. The zero-order valence-electron chi connectivity index (χ0n) is 21.2. The van der Waals surface area contributed by atoms with Crippen molar-refractivity contribution in [3.63, 3.8) is 0 Å². The summed E-state index contributed by atoms with van der Waals surface area (Å²) in [7, 11) is -3.04. The number of aromatic nitrogens is 4. The second-order valence-electron chi connectivity index (χ2n) is 8.90. The molecule has 3 aromatic carbocycles. The minimum absolute atomic E-state index is 0.0156. The second-order valence-corrected chi connectivity index (χ2v) is 11.0. The van der Waals surface area contributed by atoms with Gasteiger partial charge in [-0.15, -0.1) is 0 Å². The maximum atomic E-state index is 15.6. The largest absolute Gasteiger partial charge is 0.383 e. The number of halogens is 4. The van der Waals surface area contributed by atoms with Gasteiger partial charge in [-0.25, -0.2) is 31.6 Å². The van der Waals surface area contributed by atoms with Crippen LogP contribution in [0.4, 0.5) is 30.4 Å². The molecule has 0 spiro atoms. The predicted octanol–water partition coefficient (Wildman–Crippen LogP) is 5.04. The van der Waals surface area contributed by atoms with Crippen LogP contribution in [0.2, 0.25) is 5.02 Å². The van der Waals surface area contributed by atoms with Gasteiger partial charge in [-0.3, -0.25) is 14.2 Å². The summed E-state index contributed by atoms with van der Waals surface area (Å²) >= 11 is 6.16. The van der Waals surface area contributed by atoms with Crippen molar-refractivity contribution < 1.29 is 26.4 Å². The van der Waals surface area contributed by atoms with Gasteiger partial charge in [0, 0.05) is 24.2 Å². The van der Waals surface area contributed by atoms with E-state index in [1.54, 1.807) is 30.9 Å². The maximum absolute atomic E-state index is 15.6. The number of nitrogens with one attached hydrogen (secondary N) is 2. The summed E-state index contributed by atoms with van der Waals surface area (Å²) in [4.78, 5) is 20.6. The highest BCUT2D eigenvalue weighted by Crippen LogP contribution is 2.34. The van der Waals surface area contributed by atoms with E-state index < -0.39 is 49.7 Å². The first-order valence-electron chi connectivity index (χ1n) is 11.7. The lowest BCUT2D eigenvalue weighted by Crippen LogP contribution is -2.18. The molecule has 1 amide bonds. The lowest BCUT2D eigenvalue weighted by molar-refractivity contribution is 0.102. The fraction of sp³-hybridized carbons (Fsp3) is 0.0769. The van der Waals surface area contributed by atoms with Crippen molar-refractivity contribution in [1.29, 1.82) is 0 Å². The van der Waals surface area contributed by atoms with E-state index in [1.807, 2.05) is 4.72 Å². The van der Waals surface area contributed by atoms with Gasteiger partial charge in [0.2, 0.25) is 0 Å². The number of aryl methyl sites for hydroxylation is 2. The van der Waals surface area contributed by atoms with Crippen molar-refractivity contribution >= 4 is 55.6 Å². The maximum Gasteiger partial charge on any atom is 0.265 e.